The fraction of sp³-hybridized carbons (Fsp3) is 0.0435. The van der Waals surface area contributed by atoms with E-state index in [1.54, 1.807) is 21.3 Å². The minimum atomic E-state index is -0.333. The van der Waals surface area contributed by atoms with Gasteiger partial charge in [0.25, 0.3) is 5.56 Å². The molecule has 0 amide bonds. The van der Waals surface area contributed by atoms with Gasteiger partial charge < -0.3 is 5.11 Å². The monoisotopic (exact) mass is 436 g/mol. The molecule has 5 heterocycles. The molecule has 0 radical (unpaired) electrons. The summed E-state index contributed by atoms with van der Waals surface area (Å²) in [5.41, 5.74) is 3.77. The van der Waals surface area contributed by atoms with Crippen LogP contribution >= 0.6 is 0 Å². The molecule has 0 aliphatic heterocycles. The molecule has 33 heavy (non-hydrogen) atoms. The third-order valence-corrected chi connectivity index (χ3v) is 5.35. The topological polar surface area (TPSA) is 116 Å². The predicted molar refractivity (Wildman–Crippen MR) is 121 cm³/mol. The Morgan fingerprint density at radius 1 is 0.939 bits per heavy atom. The summed E-state index contributed by atoms with van der Waals surface area (Å²) in [7, 11) is 0. The summed E-state index contributed by atoms with van der Waals surface area (Å²) >= 11 is 0. The molecule has 0 bridgehead atoms. The second kappa shape index (κ2) is 7.09. The van der Waals surface area contributed by atoms with Gasteiger partial charge in [0.05, 0.1) is 5.69 Å². The highest BCUT2D eigenvalue weighted by molar-refractivity contribution is 5.90. The van der Waals surface area contributed by atoms with Crippen LogP contribution in [0.25, 0.3) is 39.4 Å². The van der Waals surface area contributed by atoms with Gasteiger partial charge in [0.15, 0.2) is 17.0 Å². The second-order valence-corrected chi connectivity index (χ2v) is 7.51. The maximum absolute atomic E-state index is 13.4. The quantitative estimate of drug-likeness (QED) is 0.453. The number of hydrogen-bond donors (Lipinski definition) is 1. The van der Waals surface area contributed by atoms with Gasteiger partial charge in [0, 0.05) is 17.5 Å². The molecular weight excluding hydrogens is 420 g/mol. The first kappa shape index (κ1) is 18.9. The van der Waals surface area contributed by atoms with Crippen molar-refractivity contribution < 1.29 is 5.11 Å². The van der Waals surface area contributed by atoms with Crippen molar-refractivity contribution in [3.05, 3.63) is 89.5 Å². The summed E-state index contributed by atoms with van der Waals surface area (Å²) in [5.74, 6) is 0.679. The fourth-order valence-corrected chi connectivity index (χ4v) is 3.78. The van der Waals surface area contributed by atoms with E-state index in [0.717, 1.165) is 11.3 Å². The molecule has 6 aromatic rings. The highest BCUT2D eigenvalue weighted by Crippen LogP contribution is 2.28. The Balaban J connectivity index is 1.66. The van der Waals surface area contributed by atoms with Gasteiger partial charge in [0.2, 0.25) is 0 Å². The van der Waals surface area contributed by atoms with E-state index < -0.39 is 0 Å². The zero-order valence-electron chi connectivity index (χ0n) is 17.4. The lowest BCUT2D eigenvalue weighted by Crippen LogP contribution is -2.19. The molecule has 0 saturated heterocycles. The number of hydrogen-bond acceptors (Lipinski definition) is 7. The largest absolute Gasteiger partial charge is 0.508 e. The lowest BCUT2D eigenvalue weighted by Gasteiger charge is -2.08. The number of aromatic hydroxyl groups is 1. The number of nitrogens with zero attached hydrogens (tertiary/aromatic N) is 8. The average Bonchev–Trinajstić information content (AvgIpc) is 3.44. The van der Waals surface area contributed by atoms with Crippen LogP contribution in [-0.2, 0) is 0 Å². The van der Waals surface area contributed by atoms with Crippen LogP contribution in [0.5, 0.6) is 5.75 Å². The van der Waals surface area contributed by atoms with Gasteiger partial charge in [-0.3, -0.25) is 9.36 Å². The molecule has 0 unspecified atom stereocenters. The number of pyridine rings is 2. The Morgan fingerprint density at radius 2 is 1.79 bits per heavy atom. The number of aromatic nitrogens is 8. The molecule has 0 aliphatic carbocycles. The van der Waals surface area contributed by atoms with Crippen LogP contribution in [0.2, 0.25) is 0 Å². The Bertz CT molecular complexity index is 1710. The van der Waals surface area contributed by atoms with Gasteiger partial charge >= 0.3 is 0 Å². The normalized spacial score (nSPS) is 11.4. The summed E-state index contributed by atoms with van der Waals surface area (Å²) in [5, 5.41) is 18.4. The third-order valence-electron chi connectivity index (χ3n) is 5.35. The van der Waals surface area contributed by atoms with Crippen LogP contribution < -0.4 is 5.56 Å². The number of fused-ring (bicyclic) bond motifs is 2. The van der Waals surface area contributed by atoms with Crippen molar-refractivity contribution in [3.63, 3.8) is 0 Å². The number of benzene rings is 1. The maximum atomic E-state index is 13.4. The molecular formula is C23H16N8O2. The Hall–Kier alpha value is -4.86. The van der Waals surface area contributed by atoms with Crippen LogP contribution in [0.3, 0.4) is 0 Å². The number of rotatable bonds is 3. The number of phenols is 1. The van der Waals surface area contributed by atoms with Crippen LogP contribution in [0.4, 0.5) is 0 Å². The highest BCUT2D eigenvalue weighted by Gasteiger charge is 2.21. The maximum Gasteiger partial charge on any atom is 0.286 e. The molecule has 0 saturated carbocycles. The van der Waals surface area contributed by atoms with Gasteiger partial charge in [-0.1, -0.05) is 6.07 Å². The zero-order valence-corrected chi connectivity index (χ0v) is 17.4. The summed E-state index contributed by atoms with van der Waals surface area (Å²) in [4.78, 5) is 26.8. The van der Waals surface area contributed by atoms with Crippen molar-refractivity contribution in [2.24, 2.45) is 0 Å². The molecule has 160 valence electrons. The van der Waals surface area contributed by atoms with E-state index in [1.807, 2.05) is 43.5 Å². The van der Waals surface area contributed by atoms with Crippen molar-refractivity contribution in [3.8, 4) is 28.5 Å². The minimum absolute atomic E-state index is 0.112. The van der Waals surface area contributed by atoms with E-state index in [4.69, 9.17) is 0 Å². The van der Waals surface area contributed by atoms with Gasteiger partial charge in [-0.15, -0.1) is 0 Å². The molecule has 0 fully saturated rings. The van der Waals surface area contributed by atoms with E-state index in [1.165, 1.54) is 29.4 Å². The third kappa shape index (κ3) is 3.04. The van der Waals surface area contributed by atoms with Crippen molar-refractivity contribution >= 4 is 16.7 Å². The van der Waals surface area contributed by atoms with E-state index in [0.29, 0.717) is 28.4 Å². The van der Waals surface area contributed by atoms with E-state index in [-0.39, 0.29) is 16.8 Å². The van der Waals surface area contributed by atoms with Crippen molar-refractivity contribution in [2.75, 3.05) is 0 Å². The number of phenolic OH excluding ortho intramolecular Hbond substituents is 1. The van der Waals surface area contributed by atoms with E-state index >= 15 is 0 Å². The van der Waals surface area contributed by atoms with Crippen molar-refractivity contribution in [2.45, 2.75) is 6.92 Å². The SMILES string of the molecule is Cc1cccc(-n2nc3c(=O)n(-c4ccc(O)cc4)cnc3c2-c2ccc3ncnn3c2)n1. The van der Waals surface area contributed by atoms with Crippen LogP contribution in [0.15, 0.2) is 78.2 Å². The van der Waals surface area contributed by atoms with Crippen LogP contribution in [0, 0.1) is 6.92 Å². The molecule has 5 aromatic heterocycles. The smallest absolute Gasteiger partial charge is 0.286 e. The first-order valence-electron chi connectivity index (χ1n) is 10.1. The van der Waals surface area contributed by atoms with Gasteiger partial charge in [0.1, 0.15) is 29.6 Å². The standard InChI is InChI=1S/C23H16N8O2/c1-14-3-2-4-19(27-14)31-22(15-5-10-18-24-12-26-30(18)11-15)20-21(28-31)23(33)29(13-25-20)16-6-8-17(32)9-7-16/h2-13,32H,1H3. The summed E-state index contributed by atoms with van der Waals surface area (Å²) in [6.07, 6.45) is 4.76. The molecule has 1 N–H and O–H groups in total. The molecule has 1 aromatic carbocycles. The van der Waals surface area contributed by atoms with Gasteiger partial charge in [-0.25, -0.2) is 24.1 Å². The molecule has 10 nitrogen and oxygen atoms in total. The lowest BCUT2D eigenvalue weighted by molar-refractivity contribution is 0.475. The lowest BCUT2D eigenvalue weighted by atomic mass is 10.2. The van der Waals surface area contributed by atoms with Crippen LogP contribution in [-0.4, -0.2) is 44.0 Å². The number of aryl methyl sites for hydroxylation is 1. The Kier molecular flexibility index (Phi) is 4.06. The Labute approximate surface area is 186 Å². The molecule has 10 heteroatoms. The predicted octanol–water partition coefficient (Wildman–Crippen LogP) is 2.69. The van der Waals surface area contributed by atoms with Crippen LogP contribution in [0.1, 0.15) is 5.69 Å². The van der Waals surface area contributed by atoms with Crippen molar-refractivity contribution in [1.29, 1.82) is 0 Å². The van der Waals surface area contributed by atoms with Gasteiger partial charge in [-0.2, -0.15) is 10.2 Å². The zero-order chi connectivity index (χ0) is 22.5. The summed E-state index contributed by atoms with van der Waals surface area (Å²) in [6, 6.07) is 15.6. The summed E-state index contributed by atoms with van der Waals surface area (Å²) in [6.45, 7) is 1.89. The molecule has 0 atom stereocenters. The fourth-order valence-electron chi connectivity index (χ4n) is 3.78. The van der Waals surface area contributed by atoms with Crippen molar-refractivity contribution in [1.82, 2.24) is 38.9 Å². The highest BCUT2D eigenvalue weighted by atomic mass is 16.3. The Morgan fingerprint density at radius 3 is 2.61 bits per heavy atom. The summed E-state index contributed by atoms with van der Waals surface area (Å²) < 4.78 is 4.68. The minimum Gasteiger partial charge on any atom is -0.508 e. The molecule has 0 aliphatic rings. The molecule has 6 rings (SSSR count). The van der Waals surface area contributed by atoms with E-state index in [2.05, 4.69) is 25.1 Å². The first-order chi connectivity index (χ1) is 16.1. The molecule has 0 spiro atoms. The first-order valence-corrected chi connectivity index (χ1v) is 10.1. The average molecular weight is 436 g/mol. The van der Waals surface area contributed by atoms with E-state index in [9.17, 15) is 9.90 Å². The second-order valence-electron chi connectivity index (χ2n) is 7.51. The van der Waals surface area contributed by atoms with Gasteiger partial charge in [-0.05, 0) is 55.5 Å².